The Morgan fingerprint density at radius 2 is 2.04 bits per heavy atom. The minimum absolute atomic E-state index is 0.111. The van der Waals surface area contributed by atoms with Crippen molar-refractivity contribution >= 4 is 39.7 Å². The number of amides is 3. The Balaban J connectivity index is 1.48. The van der Waals surface area contributed by atoms with Crippen molar-refractivity contribution in [3.05, 3.63) is 40.9 Å². The number of hydrogen-bond acceptors (Lipinski definition) is 6. The van der Waals surface area contributed by atoms with Gasteiger partial charge in [0.1, 0.15) is 6.54 Å². The fourth-order valence-electron chi connectivity index (χ4n) is 3.36. The molecule has 1 aromatic heterocycles. The minimum Gasteiger partial charge on any atom is -0.339 e. The Morgan fingerprint density at radius 3 is 2.81 bits per heavy atom. The average molecular weight is 372 g/mol. The average Bonchev–Trinajstić information content (AvgIpc) is 3.24. The number of para-hydroxylation sites is 1. The molecule has 9 heteroatoms. The number of benzene rings is 1. The summed E-state index contributed by atoms with van der Waals surface area (Å²) in [5.41, 5.74) is 0.326. The molecule has 3 heterocycles. The molecule has 2 saturated heterocycles. The molecule has 0 radical (unpaired) electrons. The maximum Gasteiger partial charge on any atom is 0.289 e. The molecule has 26 heavy (non-hydrogen) atoms. The second kappa shape index (κ2) is 6.56. The van der Waals surface area contributed by atoms with Gasteiger partial charge in [0.25, 0.3) is 10.8 Å². The van der Waals surface area contributed by atoms with Crippen LogP contribution in [-0.2, 0) is 16.1 Å². The highest BCUT2D eigenvalue weighted by molar-refractivity contribution is 8.14. The summed E-state index contributed by atoms with van der Waals surface area (Å²) in [7, 11) is 0. The van der Waals surface area contributed by atoms with Crippen LogP contribution >= 0.6 is 11.8 Å². The van der Waals surface area contributed by atoms with Gasteiger partial charge < -0.3 is 4.90 Å². The highest BCUT2D eigenvalue weighted by Crippen LogP contribution is 2.26. The first-order valence-electron chi connectivity index (χ1n) is 8.25. The van der Waals surface area contributed by atoms with Crippen LogP contribution < -0.4 is 5.56 Å². The summed E-state index contributed by atoms with van der Waals surface area (Å²) in [5.74, 6) is -0.255. The lowest BCUT2D eigenvalue weighted by molar-refractivity contribution is -0.132. The van der Waals surface area contributed by atoms with E-state index in [9.17, 15) is 19.2 Å². The lowest BCUT2D eigenvalue weighted by atomic mass is 10.2. The molecular formula is C17H16N4O4S. The topological polar surface area (TPSA) is 92.6 Å². The number of carbonyl (C=O) groups excluding carboxylic acids is 3. The summed E-state index contributed by atoms with van der Waals surface area (Å²) in [6, 6.07) is 6.70. The summed E-state index contributed by atoms with van der Waals surface area (Å²) >= 11 is 0.996. The zero-order chi connectivity index (χ0) is 18.3. The van der Waals surface area contributed by atoms with Gasteiger partial charge in [0.2, 0.25) is 11.8 Å². The van der Waals surface area contributed by atoms with Gasteiger partial charge in [-0.2, -0.15) is 0 Å². The van der Waals surface area contributed by atoms with Crippen LogP contribution in [0.25, 0.3) is 10.9 Å². The summed E-state index contributed by atoms with van der Waals surface area (Å²) < 4.78 is 1.29. The Hall–Kier alpha value is -2.68. The van der Waals surface area contributed by atoms with Gasteiger partial charge >= 0.3 is 0 Å². The zero-order valence-electron chi connectivity index (χ0n) is 13.8. The van der Waals surface area contributed by atoms with Gasteiger partial charge in [0.15, 0.2) is 0 Å². The van der Waals surface area contributed by atoms with Crippen LogP contribution in [0.2, 0.25) is 0 Å². The Labute approximate surface area is 152 Å². The normalized spacial score (nSPS) is 20.4. The summed E-state index contributed by atoms with van der Waals surface area (Å²) in [6.07, 6.45) is 1.94. The lowest BCUT2D eigenvalue weighted by Crippen LogP contribution is -2.42. The predicted molar refractivity (Wildman–Crippen MR) is 95.7 cm³/mol. The van der Waals surface area contributed by atoms with Crippen LogP contribution in [0.4, 0.5) is 4.79 Å². The summed E-state index contributed by atoms with van der Waals surface area (Å²) in [5, 5.41) is 0.219. The maximum absolute atomic E-state index is 12.6. The number of nitrogens with zero attached hydrogens (tertiary/aromatic N) is 4. The molecule has 3 amide bonds. The van der Waals surface area contributed by atoms with E-state index in [4.69, 9.17) is 0 Å². The standard InChI is InChI=1S/C17H16N4O4S/c22-14(8-20-10-18-13-4-2-1-3-12(13)16(20)24)19-6-5-11(7-19)21-15(23)9-26-17(21)25/h1-4,10-11H,5-9H2. The molecule has 0 bridgehead atoms. The van der Waals surface area contributed by atoms with E-state index in [2.05, 4.69) is 4.98 Å². The molecule has 0 spiro atoms. The van der Waals surface area contributed by atoms with Gasteiger partial charge in [-0.05, 0) is 18.6 Å². The van der Waals surface area contributed by atoms with Gasteiger partial charge in [-0.3, -0.25) is 28.6 Å². The van der Waals surface area contributed by atoms with Crippen LogP contribution in [0.15, 0.2) is 35.4 Å². The Kier molecular flexibility index (Phi) is 4.23. The molecule has 0 saturated carbocycles. The van der Waals surface area contributed by atoms with E-state index >= 15 is 0 Å². The molecule has 8 nitrogen and oxygen atoms in total. The Morgan fingerprint density at radius 1 is 1.23 bits per heavy atom. The van der Waals surface area contributed by atoms with Gasteiger partial charge in [-0.1, -0.05) is 23.9 Å². The molecule has 1 unspecified atom stereocenters. The molecular weight excluding hydrogens is 356 g/mol. The molecule has 2 fully saturated rings. The number of thioether (sulfide) groups is 1. The SMILES string of the molecule is O=C(Cn1cnc2ccccc2c1=O)N1CCC(N2C(=O)CSC2=O)C1. The van der Waals surface area contributed by atoms with E-state index in [-0.39, 0.29) is 41.0 Å². The molecule has 134 valence electrons. The van der Waals surface area contributed by atoms with Crippen LogP contribution in [0.1, 0.15) is 6.42 Å². The monoisotopic (exact) mass is 372 g/mol. The fraction of sp³-hybridized carbons (Fsp3) is 0.353. The van der Waals surface area contributed by atoms with Crippen molar-refractivity contribution in [3.63, 3.8) is 0 Å². The predicted octanol–water partition coefficient (Wildman–Crippen LogP) is 0.693. The molecule has 2 aromatic rings. The first kappa shape index (κ1) is 16.8. The highest BCUT2D eigenvalue weighted by Gasteiger charge is 2.40. The van der Waals surface area contributed by atoms with Crippen LogP contribution in [0, 0.1) is 0 Å². The molecule has 2 aliphatic rings. The van der Waals surface area contributed by atoms with Crippen LogP contribution in [0.5, 0.6) is 0 Å². The van der Waals surface area contributed by atoms with E-state index in [0.717, 1.165) is 11.8 Å². The first-order chi connectivity index (χ1) is 12.5. The third-order valence-electron chi connectivity index (χ3n) is 4.70. The first-order valence-corrected chi connectivity index (χ1v) is 9.24. The number of imide groups is 1. The van der Waals surface area contributed by atoms with E-state index in [0.29, 0.717) is 30.4 Å². The molecule has 1 aromatic carbocycles. The fourth-order valence-corrected chi connectivity index (χ4v) is 4.14. The smallest absolute Gasteiger partial charge is 0.289 e. The van der Waals surface area contributed by atoms with Crippen molar-refractivity contribution in [2.45, 2.75) is 19.0 Å². The lowest BCUT2D eigenvalue weighted by Gasteiger charge is -2.22. The highest BCUT2D eigenvalue weighted by atomic mass is 32.2. The minimum atomic E-state index is -0.277. The van der Waals surface area contributed by atoms with E-state index in [1.54, 1.807) is 29.2 Å². The quantitative estimate of drug-likeness (QED) is 0.787. The zero-order valence-corrected chi connectivity index (χ0v) is 14.6. The number of likely N-dealkylation sites (tertiary alicyclic amines) is 1. The van der Waals surface area contributed by atoms with Crippen LogP contribution in [-0.4, -0.2) is 61.3 Å². The van der Waals surface area contributed by atoms with Crippen molar-refractivity contribution in [1.82, 2.24) is 19.4 Å². The molecule has 1 atom stereocenters. The van der Waals surface area contributed by atoms with Crippen LogP contribution in [0.3, 0.4) is 0 Å². The van der Waals surface area contributed by atoms with E-state index in [1.807, 2.05) is 0 Å². The van der Waals surface area contributed by atoms with E-state index < -0.39 is 0 Å². The van der Waals surface area contributed by atoms with Crippen molar-refractivity contribution < 1.29 is 14.4 Å². The molecule has 2 aliphatic heterocycles. The molecule has 0 aliphatic carbocycles. The largest absolute Gasteiger partial charge is 0.339 e. The van der Waals surface area contributed by atoms with Crippen molar-refractivity contribution in [1.29, 1.82) is 0 Å². The number of carbonyl (C=O) groups is 3. The maximum atomic E-state index is 12.6. The number of rotatable bonds is 3. The van der Waals surface area contributed by atoms with Crippen molar-refractivity contribution in [3.8, 4) is 0 Å². The third kappa shape index (κ3) is 2.88. The summed E-state index contributed by atoms with van der Waals surface area (Å²) in [6.45, 7) is 0.660. The van der Waals surface area contributed by atoms with Gasteiger partial charge in [0.05, 0.1) is 29.0 Å². The number of hydrogen-bond donors (Lipinski definition) is 0. The van der Waals surface area contributed by atoms with Crippen molar-refractivity contribution in [2.75, 3.05) is 18.8 Å². The Bertz CT molecular complexity index is 957. The third-order valence-corrected chi connectivity index (χ3v) is 5.54. The second-order valence-electron chi connectivity index (χ2n) is 6.30. The van der Waals surface area contributed by atoms with Crippen molar-refractivity contribution in [2.24, 2.45) is 0 Å². The van der Waals surface area contributed by atoms with E-state index in [1.165, 1.54) is 15.8 Å². The van der Waals surface area contributed by atoms with Gasteiger partial charge in [-0.15, -0.1) is 0 Å². The van der Waals surface area contributed by atoms with Gasteiger partial charge in [0, 0.05) is 13.1 Å². The number of fused-ring (bicyclic) bond motifs is 1. The summed E-state index contributed by atoms with van der Waals surface area (Å²) in [4.78, 5) is 55.8. The number of aromatic nitrogens is 2. The molecule has 4 rings (SSSR count). The molecule has 0 N–H and O–H groups in total. The van der Waals surface area contributed by atoms with Gasteiger partial charge in [-0.25, -0.2) is 4.98 Å². The second-order valence-corrected chi connectivity index (χ2v) is 7.22.